The highest BCUT2D eigenvalue weighted by Gasteiger charge is 2.53. The molecule has 3 amide bonds. The molecule has 3 aliphatic rings. The number of hydrogen-bond donors (Lipinski definition) is 2. The zero-order valence-corrected chi connectivity index (χ0v) is 29.1. The van der Waals surface area contributed by atoms with Crippen LogP contribution < -0.4 is 20.4 Å². The van der Waals surface area contributed by atoms with Crippen molar-refractivity contribution in [2.24, 2.45) is 16.7 Å². The summed E-state index contributed by atoms with van der Waals surface area (Å²) in [6.45, 7) is 14.1. The van der Waals surface area contributed by atoms with Crippen molar-refractivity contribution >= 4 is 40.8 Å². The molecule has 1 aliphatic carbocycles. The predicted molar refractivity (Wildman–Crippen MR) is 187 cm³/mol. The van der Waals surface area contributed by atoms with Crippen molar-refractivity contribution in [1.29, 1.82) is 0 Å². The Kier molecular flexibility index (Phi) is 9.74. The Morgan fingerprint density at radius 1 is 0.979 bits per heavy atom. The van der Waals surface area contributed by atoms with E-state index in [1.807, 2.05) is 18.3 Å². The van der Waals surface area contributed by atoms with E-state index < -0.39 is 0 Å². The molecule has 0 spiro atoms. The minimum atomic E-state index is -0.0978. The number of rotatable bonds is 11. The van der Waals surface area contributed by atoms with E-state index in [1.54, 1.807) is 24.3 Å². The van der Waals surface area contributed by atoms with E-state index in [0.717, 1.165) is 87.8 Å². The smallest absolute Gasteiger partial charge is 0.254 e. The maximum atomic E-state index is 12.9. The van der Waals surface area contributed by atoms with Crippen molar-refractivity contribution in [2.75, 3.05) is 56.1 Å². The Hall–Kier alpha value is -4.06. The minimum absolute atomic E-state index is 0.0948. The van der Waals surface area contributed by atoms with E-state index in [0.29, 0.717) is 30.0 Å². The number of likely N-dealkylation sites (tertiary alicyclic amines) is 1. The molecule has 1 aromatic carbocycles. The fourth-order valence-corrected chi connectivity index (χ4v) is 8.71. The average Bonchev–Trinajstić information content (AvgIpc) is 3.52. The Morgan fingerprint density at radius 3 is 2.29 bits per heavy atom. The monoisotopic (exact) mass is 657 g/mol. The third-order valence-corrected chi connectivity index (χ3v) is 10.9. The molecule has 6 rings (SSSR count). The molecule has 4 heterocycles. The SMILES string of the molecule is CNC(=O)CCN(C=O)c1cccc2c1cnn2C1CCN(CC2CCN(c3ncc(C(=O)NC4C(C)(C)CC4(C)C)cn3)CC2)CC1. The van der Waals surface area contributed by atoms with Crippen LogP contribution in [0.2, 0.25) is 0 Å². The van der Waals surface area contributed by atoms with Crippen molar-refractivity contribution in [3.8, 4) is 0 Å². The number of amides is 3. The van der Waals surface area contributed by atoms with Gasteiger partial charge in [-0.2, -0.15) is 5.10 Å². The third-order valence-electron chi connectivity index (χ3n) is 10.9. The minimum Gasteiger partial charge on any atom is -0.359 e. The summed E-state index contributed by atoms with van der Waals surface area (Å²) in [5.74, 6) is 1.14. The van der Waals surface area contributed by atoms with Gasteiger partial charge in [-0.25, -0.2) is 9.97 Å². The van der Waals surface area contributed by atoms with Gasteiger partial charge in [-0.1, -0.05) is 33.8 Å². The summed E-state index contributed by atoms with van der Waals surface area (Å²) in [5.41, 5.74) is 2.51. The first kappa shape index (κ1) is 33.8. The van der Waals surface area contributed by atoms with Gasteiger partial charge in [-0.3, -0.25) is 19.1 Å². The molecule has 0 atom stereocenters. The second-order valence-electron chi connectivity index (χ2n) is 15.3. The van der Waals surface area contributed by atoms with Gasteiger partial charge >= 0.3 is 0 Å². The number of nitrogens with zero attached hydrogens (tertiary/aromatic N) is 7. The molecule has 2 saturated heterocycles. The van der Waals surface area contributed by atoms with Crippen LogP contribution in [0.3, 0.4) is 0 Å². The first-order valence-corrected chi connectivity index (χ1v) is 17.5. The van der Waals surface area contributed by atoms with Gasteiger partial charge in [-0.15, -0.1) is 0 Å². The van der Waals surface area contributed by atoms with Gasteiger partial charge < -0.3 is 25.3 Å². The fourth-order valence-electron chi connectivity index (χ4n) is 8.71. The van der Waals surface area contributed by atoms with Crippen LogP contribution in [0.4, 0.5) is 11.6 Å². The van der Waals surface area contributed by atoms with Gasteiger partial charge in [0.15, 0.2) is 0 Å². The van der Waals surface area contributed by atoms with Crippen LogP contribution in [0, 0.1) is 16.7 Å². The molecule has 258 valence electrons. The standard InChI is InChI=1S/C36H51N9O3/c1-35(2)23-36(3,4)33(35)41-32(48)26-19-38-34(39-20-26)43-16-9-25(10-17-43)22-42-14-11-27(12-15-42)45-30-8-6-7-29(28(30)21-40-45)44(24-46)18-13-31(47)37-5/h6-8,19-21,24-25,27,33H,9-18,22-23H2,1-5H3,(H,37,47)(H,41,48). The maximum absolute atomic E-state index is 12.9. The number of piperidine rings is 2. The number of anilines is 2. The maximum Gasteiger partial charge on any atom is 0.254 e. The van der Waals surface area contributed by atoms with E-state index >= 15 is 0 Å². The summed E-state index contributed by atoms with van der Waals surface area (Å²) in [4.78, 5) is 52.2. The number of fused-ring (bicyclic) bond motifs is 1. The summed E-state index contributed by atoms with van der Waals surface area (Å²) in [7, 11) is 1.60. The van der Waals surface area contributed by atoms with Gasteiger partial charge in [0.2, 0.25) is 18.3 Å². The quantitative estimate of drug-likeness (QED) is 0.296. The molecule has 12 nitrogen and oxygen atoms in total. The molecular weight excluding hydrogens is 606 g/mol. The Labute approximate surface area is 283 Å². The van der Waals surface area contributed by atoms with Gasteiger partial charge in [0.1, 0.15) is 0 Å². The first-order chi connectivity index (χ1) is 23.0. The van der Waals surface area contributed by atoms with Crippen LogP contribution >= 0.6 is 0 Å². The summed E-state index contributed by atoms with van der Waals surface area (Å²) in [5, 5.41) is 11.5. The fraction of sp³-hybridized carbons (Fsp3) is 0.611. The van der Waals surface area contributed by atoms with E-state index in [9.17, 15) is 14.4 Å². The van der Waals surface area contributed by atoms with Crippen LogP contribution in [0.25, 0.3) is 10.9 Å². The molecule has 2 N–H and O–H groups in total. The number of carbonyl (C=O) groups is 3. The predicted octanol–water partition coefficient (Wildman–Crippen LogP) is 4.03. The van der Waals surface area contributed by atoms with Crippen LogP contribution in [0.15, 0.2) is 36.8 Å². The van der Waals surface area contributed by atoms with Gasteiger partial charge in [0.05, 0.1) is 29.0 Å². The summed E-state index contributed by atoms with van der Waals surface area (Å²) >= 11 is 0. The molecule has 3 aromatic rings. The van der Waals surface area contributed by atoms with E-state index in [2.05, 4.69) is 68.8 Å². The first-order valence-electron chi connectivity index (χ1n) is 17.5. The van der Waals surface area contributed by atoms with E-state index in [4.69, 9.17) is 5.10 Å². The lowest BCUT2D eigenvalue weighted by molar-refractivity contribution is -0.120. The van der Waals surface area contributed by atoms with Gasteiger partial charge in [0.25, 0.3) is 5.91 Å². The molecular formula is C36H51N9O3. The summed E-state index contributed by atoms with van der Waals surface area (Å²) < 4.78 is 2.13. The molecule has 12 heteroatoms. The van der Waals surface area contributed by atoms with E-state index in [1.165, 1.54) is 0 Å². The normalized spacial score (nSPS) is 20.3. The number of aromatic nitrogens is 4. The van der Waals surface area contributed by atoms with Crippen molar-refractivity contribution in [2.45, 2.75) is 78.3 Å². The molecule has 0 radical (unpaired) electrons. The van der Waals surface area contributed by atoms with Crippen molar-refractivity contribution in [3.63, 3.8) is 0 Å². The van der Waals surface area contributed by atoms with Crippen LogP contribution in [-0.4, -0.2) is 95.2 Å². The molecule has 2 aromatic heterocycles. The van der Waals surface area contributed by atoms with E-state index in [-0.39, 0.29) is 35.1 Å². The highest BCUT2D eigenvalue weighted by molar-refractivity contribution is 5.97. The highest BCUT2D eigenvalue weighted by Crippen LogP contribution is 2.53. The number of hydrogen-bond acceptors (Lipinski definition) is 8. The second kappa shape index (κ2) is 13.8. The van der Waals surface area contributed by atoms with Crippen LogP contribution in [0.5, 0.6) is 0 Å². The Balaban J connectivity index is 0.971. The topological polar surface area (TPSA) is 129 Å². The molecule has 0 unspecified atom stereocenters. The summed E-state index contributed by atoms with van der Waals surface area (Å²) in [6, 6.07) is 6.38. The van der Waals surface area contributed by atoms with Crippen LogP contribution in [0.1, 0.15) is 82.6 Å². The lowest BCUT2D eigenvalue weighted by Crippen LogP contribution is -2.63. The van der Waals surface area contributed by atoms with Crippen molar-refractivity contribution in [3.05, 3.63) is 42.4 Å². The lowest BCUT2D eigenvalue weighted by Gasteiger charge is -2.57. The molecule has 1 saturated carbocycles. The molecule has 48 heavy (non-hydrogen) atoms. The second-order valence-corrected chi connectivity index (χ2v) is 15.3. The van der Waals surface area contributed by atoms with Gasteiger partial charge in [-0.05, 0) is 61.0 Å². The highest BCUT2D eigenvalue weighted by atomic mass is 16.2. The average molecular weight is 658 g/mol. The lowest BCUT2D eigenvalue weighted by atomic mass is 9.52. The summed E-state index contributed by atoms with van der Waals surface area (Å²) in [6.07, 6.45) is 11.6. The Bertz CT molecular complexity index is 1590. The number of benzene rings is 1. The van der Waals surface area contributed by atoms with Crippen LogP contribution in [-0.2, 0) is 9.59 Å². The Morgan fingerprint density at radius 2 is 1.67 bits per heavy atom. The third kappa shape index (κ3) is 7.04. The van der Waals surface area contributed by atoms with Crippen molar-refractivity contribution < 1.29 is 14.4 Å². The molecule has 2 aliphatic heterocycles. The zero-order valence-electron chi connectivity index (χ0n) is 29.1. The zero-order chi connectivity index (χ0) is 34.1. The molecule has 0 bridgehead atoms. The number of nitrogens with one attached hydrogen (secondary N) is 2. The largest absolute Gasteiger partial charge is 0.359 e. The van der Waals surface area contributed by atoms with Gasteiger partial charge in [0, 0.05) is 76.6 Å². The van der Waals surface area contributed by atoms with Crippen molar-refractivity contribution in [1.82, 2.24) is 35.3 Å². The number of carbonyl (C=O) groups excluding carboxylic acids is 3. The molecule has 3 fully saturated rings.